The van der Waals surface area contributed by atoms with Gasteiger partial charge in [0.05, 0.1) is 0 Å². The molecule has 20 heavy (non-hydrogen) atoms. The van der Waals surface area contributed by atoms with Gasteiger partial charge in [-0.2, -0.15) is 0 Å². The molecule has 2 rings (SSSR count). The van der Waals surface area contributed by atoms with E-state index in [4.69, 9.17) is 5.73 Å². The van der Waals surface area contributed by atoms with Crippen molar-refractivity contribution in [1.82, 2.24) is 4.90 Å². The van der Waals surface area contributed by atoms with Gasteiger partial charge in [0.25, 0.3) is 0 Å². The van der Waals surface area contributed by atoms with Crippen LogP contribution in [0.15, 0.2) is 24.3 Å². The average Bonchev–Trinajstić information content (AvgIpc) is 2.40. The van der Waals surface area contributed by atoms with E-state index in [2.05, 4.69) is 36.1 Å². The van der Waals surface area contributed by atoms with Gasteiger partial charge in [-0.25, -0.2) is 0 Å². The lowest BCUT2D eigenvalue weighted by molar-refractivity contribution is -0.135. The Balaban J connectivity index is 1.85. The lowest BCUT2D eigenvalue weighted by Gasteiger charge is -2.37. The van der Waals surface area contributed by atoms with E-state index in [1.807, 2.05) is 0 Å². The number of rotatable bonds is 7. The third-order valence-corrected chi connectivity index (χ3v) is 4.19. The molecule has 1 amide bonds. The second-order valence-corrected chi connectivity index (χ2v) is 5.80. The summed E-state index contributed by atoms with van der Waals surface area (Å²) in [6.07, 6.45) is 5.96. The predicted molar refractivity (Wildman–Crippen MR) is 82.5 cm³/mol. The molecular weight excluding hydrogens is 248 g/mol. The molecule has 1 saturated carbocycles. The molecule has 3 heteroatoms. The number of hydrogen-bond donors (Lipinski definition) is 1. The SMILES string of the molecule is Cc1ccc(CCC(=O)N(CCCN)C2CCC2)cc1. The highest BCUT2D eigenvalue weighted by molar-refractivity contribution is 5.77. The zero-order valence-electron chi connectivity index (χ0n) is 12.5. The highest BCUT2D eigenvalue weighted by Crippen LogP contribution is 2.25. The molecule has 0 unspecified atom stereocenters. The van der Waals surface area contributed by atoms with Gasteiger partial charge in [0.15, 0.2) is 0 Å². The van der Waals surface area contributed by atoms with Crippen molar-refractivity contribution in [2.24, 2.45) is 5.73 Å². The van der Waals surface area contributed by atoms with E-state index in [0.29, 0.717) is 24.9 Å². The van der Waals surface area contributed by atoms with Crippen molar-refractivity contribution >= 4 is 5.91 Å². The Kier molecular flexibility index (Phi) is 5.60. The van der Waals surface area contributed by atoms with Gasteiger partial charge >= 0.3 is 0 Å². The van der Waals surface area contributed by atoms with E-state index >= 15 is 0 Å². The number of benzene rings is 1. The molecule has 1 aliphatic rings. The zero-order valence-corrected chi connectivity index (χ0v) is 12.5. The largest absolute Gasteiger partial charge is 0.340 e. The normalized spacial score (nSPS) is 14.9. The summed E-state index contributed by atoms with van der Waals surface area (Å²) in [5, 5.41) is 0. The van der Waals surface area contributed by atoms with Gasteiger partial charge in [-0.15, -0.1) is 0 Å². The fourth-order valence-electron chi connectivity index (χ4n) is 2.62. The van der Waals surface area contributed by atoms with Crippen LogP contribution in [0, 0.1) is 6.92 Å². The van der Waals surface area contributed by atoms with Crippen LogP contribution in [0.5, 0.6) is 0 Å². The van der Waals surface area contributed by atoms with E-state index < -0.39 is 0 Å². The minimum Gasteiger partial charge on any atom is -0.340 e. The first kappa shape index (κ1) is 15.0. The van der Waals surface area contributed by atoms with Crippen LogP contribution in [0.2, 0.25) is 0 Å². The number of nitrogens with zero attached hydrogens (tertiary/aromatic N) is 1. The van der Waals surface area contributed by atoms with E-state index in [9.17, 15) is 4.79 Å². The molecule has 0 aliphatic heterocycles. The topological polar surface area (TPSA) is 46.3 Å². The van der Waals surface area contributed by atoms with E-state index in [1.54, 1.807) is 0 Å². The summed E-state index contributed by atoms with van der Waals surface area (Å²) >= 11 is 0. The predicted octanol–water partition coefficient (Wildman–Crippen LogP) is 2.66. The van der Waals surface area contributed by atoms with Crippen molar-refractivity contribution in [3.63, 3.8) is 0 Å². The molecule has 110 valence electrons. The minimum absolute atomic E-state index is 0.295. The Hall–Kier alpha value is -1.35. The monoisotopic (exact) mass is 274 g/mol. The smallest absolute Gasteiger partial charge is 0.223 e. The first-order valence-corrected chi connectivity index (χ1v) is 7.76. The number of nitrogens with two attached hydrogens (primary N) is 1. The fraction of sp³-hybridized carbons (Fsp3) is 0.588. The van der Waals surface area contributed by atoms with Gasteiger partial charge < -0.3 is 10.6 Å². The highest BCUT2D eigenvalue weighted by Gasteiger charge is 2.27. The minimum atomic E-state index is 0.295. The molecule has 3 nitrogen and oxygen atoms in total. The summed E-state index contributed by atoms with van der Waals surface area (Å²) < 4.78 is 0. The molecule has 0 radical (unpaired) electrons. The van der Waals surface area contributed by atoms with Crippen molar-refractivity contribution in [3.05, 3.63) is 35.4 Å². The molecule has 2 N–H and O–H groups in total. The maximum absolute atomic E-state index is 12.4. The first-order chi connectivity index (χ1) is 9.70. The van der Waals surface area contributed by atoms with Crippen molar-refractivity contribution in [3.8, 4) is 0 Å². The van der Waals surface area contributed by atoms with Crippen molar-refractivity contribution in [2.75, 3.05) is 13.1 Å². The Morgan fingerprint density at radius 1 is 1.30 bits per heavy atom. The van der Waals surface area contributed by atoms with E-state index in [1.165, 1.54) is 30.4 Å². The molecule has 1 aromatic carbocycles. The summed E-state index contributed by atoms with van der Waals surface area (Å²) in [6.45, 7) is 3.57. The van der Waals surface area contributed by atoms with Crippen molar-refractivity contribution in [1.29, 1.82) is 0 Å². The van der Waals surface area contributed by atoms with Crippen LogP contribution in [-0.2, 0) is 11.2 Å². The number of carbonyl (C=O) groups excluding carboxylic acids is 1. The third kappa shape index (κ3) is 4.07. The molecule has 0 atom stereocenters. The Bertz CT molecular complexity index is 423. The van der Waals surface area contributed by atoms with Crippen molar-refractivity contribution in [2.45, 2.75) is 51.5 Å². The molecule has 1 aliphatic carbocycles. The Labute approximate surface area is 122 Å². The van der Waals surface area contributed by atoms with Crippen LogP contribution >= 0.6 is 0 Å². The Morgan fingerprint density at radius 3 is 2.55 bits per heavy atom. The Morgan fingerprint density at radius 2 is 2.00 bits per heavy atom. The molecule has 1 aromatic rings. The lowest BCUT2D eigenvalue weighted by atomic mass is 9.91. The molecular formula is C17H26N2O. The number of aryl methyl sites for hydroxylation is 2. The van der Waals surface area contributed by atoms with Gasteiger partial charge in [-0.05, 0) is 51.1 Å². The average molecular weight is 274 g/mol. The van der Waals surface area contributed by atoms with Crippen LogP contribution in [0.3, 0.4) is 0 Å². The number of carbonyl (C=O) groups is 1. The summed E-state index contributed by atoms with van der Waals surface area (Å²) in [6, 6.07) is 8.94. The van der Waals surface area contributed by atoms with Crippen LogP contribution in [0.25, 0.3) is 0 Å². The van der Waals surface area contributed by atoms with Gasteiger partial charge in [-0.1, -0.05) is 29.8 Å². The molecule has 1 fully saturated rings. The van der Waals surface area contributed by atoms with Gasteiger partial charge in [0, 0.05) is 19.0 Å². The summed E-state index contributed by atoms with van der Waals surface area (Å²) in [7, 11) is 0. The quantitative estimate of drug-likeness (QED) is 0.831. The van der Waals surface area contributed by atoms with Crippen LogP contribution in [-0.4, -0.2) is 29.9 Å². The first-order valence-electron chi connectivity index (χ1n) is 7.76. The van der Waals surface area contributed by atoms with Gasteiger partial charge in [0.2, 0.25) is 5.91 Å². The maximum atomic E-state index is 12.4. The van der Waals surface area contributed by atoms with Crippen LogP contribution < -0.4 is 5.73 Å². The summed E-state index contributed by atoms with van der Waals surface area (Å²) in [4.78, 5) is 14.5. The van der Waals surface area contributed by atoms with Crippen LogP contribution in [0.4, 0.5) is 0 Å². The standard InChI is InChI=1S/C17H26N2O/c1-14-6-8-15(9-7-14)10-11-17(20)19(13-3-12-18)16-4-2-5-16/h6-9,16H,2-5,10-13,18H2,1H3. The second kappa shape index (κ2) is 7.44. The van der Waals surface area contributed by atoms with E-state index in [-0.39, 0.29) is 0 Å². The molecule has 0 saturated heterocycles. The fourth-order valence-corrected chi connectivity index (χ4v) is 2.62. The third-order valence-electron chi connectivity index (χ3n) is 4.19. The molecule has 0 bridgehead atoms. The maximum Gasteiger partial charge on any atom is 0.223 e. The second-order valence-electron chi connectivity index (χ2n) is 5.80. The molecule has 0 spiro atoms. The summed E-state index contributed by atoms with van der Waals surface area (Å²) in [5.74, 6) is 0.295. The highest BCUT2D eigenvalue weighted by atomic mass is 16.2. The van der Waals surface area contributed by atoms with Crippen molar-refractivity contribution < 1.29 is 4.79 Å². The van der Waals surface area contributed by atoms with Crippen LogP contribution in [0.1, 0.15) is 43.2 Å². The summed E-state index contributed by atoms with van der Waals surface area (Å²) in [5.41, 5.74) is 8.09. The molecule has 0 aromatic heterocycles. The zero-order chi connectivity index (χ0) is 14.4. The lowest BCUT2D eigenvalue weighted by Crippen LogP contribution is -2.45. The number of amides is 1. The number of hydrogen-bond acceptors (Lipinski definition) is 2. The van der Waals surface area contributed by atoms with E-state index in [0.717, 1.165) is 19.4 Å². The molecule has 0 heterocycles. The van der Waals surface area contributed by atoms with Gasteiger partial charge in [0.1, 0.15) is 0 Å². The van der Waals surface area contributed by atoms with Gasteiger partial charge in [-0.3, -0.25) is 4.79 Å².